The van der Waals surface area contributed by atoms with Crippen molar-refractivity contribution in [1.82, 2.24) is 9.62 Å². The van der Waals surface area contributed by atoms with Crippen molar-refractivity contribution in [3.05, 3.63) is 17.0 Å². The maximum Gasteiger partial charge on any atom is 0.253 e. The molecule has 18 heavy (non-hydrogen) atoms. The molecule has 0 saturated heterocycles. The van der Waals surface area contributed by atoms with Crippen LogP contribution in [-0.4, -0.2) is 39.4 Å². The second kappa shape index (κ2) is 6.90. The minimum Gasteiger partial charge on any atom is -0.317 e. The second-order valence-corrected chi connectivity index (χ2v) is 7.23. The van der Waals surface area contributed by atoms with Crippen molar-refractivity contribution in [3.63, 3.8) is 0 Å². The van der Waals surface area contributed by atoms with E-state index in [2.05, 4.69) is 11.2 Å². The zero-order valence-electron chi connectivity index (χ0n) is 10.6. The molecule has 6 heteroatoms. The van der Waals surface area contributed by atoms with Crippen LogP contribution in [0.5, 0.6) is 0 Å². The normalized spacial score (nSPS) is 11.7. The smallest absolute Gasteiger partial charge is 0.253 e. The molecule has 0 saturated carbocycles. The Bertz CT molecular complexity index is 514. The highest BCUT2D eigenvalue weighted by Gasteiger charge is 2.21. The third kappa shape index (κ3) is 3.82. The van der Waals surface area contributed by atoms with Crippen molar-refractivity contribution in [2.45, 2.75) is 17.6 Å². The van der Waals surface area contributed by atoms with E-state index in [-0.39, 0.29) is 6.54 Å². The van der Waals surface area contributed by atoms with Crippen molar-refractivity contribution >= 4 is 21.4 Å². The maximum absolute atomic E-state index is 12.1. The van der Waals surface area contributed by atoms with E-state index in [1.165, 1.54) is 22.7 Å². The van der Waals surface area contributed by atoms with Crippen LogP contribution in [0.1, 0.15) is 11.8 Å². The lowest BCUT2D eigenvalue weighted by Gasteiger charge is -2.12. The molecule has 1 aromatic rings. The first-order valence-corrected chi connectivity index (χ1v) is 7.97. The fourth-order valence-electron chi connectivity index (χ4n) is 1.39. The summed E-state index contributed by atoms with van der Waals surface area (Å²) in [6.45, 7) is 3.91. The van der Waals surface area contributed by atoms with Gasteiger partial charge in [-0.05, 0) is 31.6 Å². The summed E-state index contributed by atoms with van der Waals surface area (Å²) < 4.78 is 25.7. The van der Waals surface area contributed by atoms with Crippen LogP contribution in [0.25, 0.3) is 0 Å². The van der Waals surface area contributed by atoms with Gasteiger partial charge in [0, 0.05) is 11.9 Å². The molecule has 0 bridgehead atoms. The average Bonchev–Trinajstić information content (AvgIpc) is 2.79. The SMILES string of the molecule is C#CCN(C)S(=O)(=O)c1ccc(CCNCC)s1. The van der Waals surface area contributed by atoms with Crippen LogP contribution in [0.15, 0.2) is 16.3 Å². The molecule has 0 radical (unpaired) electrons. The van der Waals surface area contributed by atoms with Crippen LogP contribution in [0, 0.1) is 12.3 Å². The molecule has 1 heterocycles. The molecule has 0 aliphatic rings. The van der Waals surface area contributed by atoms with Gasteiger partial charge in [-0.1, -0.05) is 12.8 Å². The summed E-state index contributed by atoms with van der Waals surface area (Å²) in [5, 5.41) is 3.21. The molecular formula is C12H18N2O2S2. The molecule has 1 rings (SSSR count). The predicted molar refractivity (Wildman–Crippen MR) is 75.2 cm³/mol. The lowest BCUT2D eigenvalue weighted by molar-refractivity contribution is 0.505. The Kier molecular flexibility index (Phi) is 5.82. The molecule has 4 nitrogen and oxygen atoms in total. The predicted octanol–water partition coefficient (Wildman–Crippen LogP) is 1.15. The van der Waals surface area contributed by atoms with Crippen molar-refractivity contribution in [2.75, 3.05) is 26.7 Å². The van der Waals surface area contributed by atoms with Gasteiger partial charge in [-0.3, -0.25) is 0 Å². The standard InChI is InChI=1S/C12H18N2O2S2/c1-4-10-14(3)18(15,16)12-7-6-11(17-12)8-9-13-5-2/h1,6-7,13H,5,8-10H2,2-3H3. The Morgan fingerprint density at radius 1 is 1.50 bits per heavy atom. The Morgan fingerprint density at radius 3 is 2.83 bits per heavy atom. The van der Waals surface area contributed by atoms with Gasteiger partial charge in [-0.25, -0.2) is 8.42 Å². The van der Waals surface area contributed by atoms with E-state index in [0.29, 0.717) is 4.21 Å². The van der Waals surface area contributed by atoms with Gasteiger partial charge in [0.25, 0.3) is 10.0 Å². The third-order valence-electron chi connectivity index (χ3n) is 2.41. The lowest BCUT2D eigenvalue weighted by Crippen LogP contribution is -2.26. The first-order chi connectivity index (χ1) is 8.52. The lowest BCUT2D eigenvalue weighted by atomic mass is 10.3. The van der Waals surface area contributed by atoms with Crippen molar-refractivity contribution in [1.29, 1.82) is 0 Å². The van der Waals surface area contributed by atoms with E-state index in [9.17, 15) is 8.42 Å². The van der Waals surface area contributed by atoms with E-state index >= 15 is 0 Å². The molecule has 0 fully saturated rings. The van der Waals surface area contributed by atoms with E-state index in [1.807, 2.05) is 13.0 Å². The number of nitrogens with zero attached hydrogens (tertiary/aromatic N) is 1. The van der Waals surface area contributed by atoms with Gasteiger partial charge < -0.3 is 5.32 Å². The number of hydrogen-bond donors (Lipinski definition) is 1. The summed E-state index contributed by atoms with van der Waals surface area (Å²) in [4.78, 5) is 1.06. The topological polar surface area (TPSA) is 49.4 Å². The van der Waals surface area contributed by atoms with Crippen LogP contribution >= 0.6 is 11.3 Å². The highest BCUT2D eigenvalue weighted by Crippen LogP contribution is 2.24. The summed E-state index contributed by atoms with van der Waals surface area (Å²) in [5.74, 6) is 2.33. The molecule has 0 aliphatic heterocycles. The second-order valence-electron chi connectivity index (χ2n) is 3.79. The number of terminal acetylenes is 1. The van der Waals surface area contributed by atoms with Gasteiger partial charge in [0.15, 0.2) is 0 Å². The Hall–Kier alpha value is -0.870. The van der Waals surface area contributed by atoms with Crippen LogP contribution < -0.4 is 5.32 Å². The Balaban J connectivity index is 2.76. The first-order valence-electron chi connectivity index (χ1n) is 5.71. The van der Waals surface area contributed by atoms with E-state index in [4.69, 9.17) is 6.42 Å². The Morgan fingerprint density at radius 2 is 2.22 bits per heavy atom. The van der Waals surface area contributed by atoms with E-state index < -0.39 is 10.0 Å². The number of rotatable bonds is 7. The summed E-state index contributed by atoms with van der Waals surface area (Å²) in [6, 6.07) is 3.51. The van der Waals surface area contributed by atoms with Gasteiger partial charge in [-0.15, -0.1) is 17.8 Å². The minimum absolute atomic E-state index is 0.0902. The molecule has 1 N–H and O–H groups in total. The number of likely N-dealkylation sites (N-methyl/N-ethyl adjacent to an activating group) is 1. The van der Waals surface area contributed by atoms with Crippen molar-refractivity contribution in [3.8, 4) is 12.3 Å². The monoisotopic (exact) mass is 286 g/mol. The number of sulfonamides is 1. The average molecular weight is 286 g/mol. The van der Waals surface area contributed by atoms with Crippen molar-refractivity contribution in [2.24, 2.45) is 0 Å². The molecule has 0 aromatic carbocycles. The summed E-state index contributed by atoms with van der Waals surface area (Å²) in [7, 11) is -1.93. The largest absolute Gasteiger partial charge is 0.317 e. The van der Waals surface area contributed by atoms with Gasteiger partial charge in [-0.2, -0.15) is 4.31 Å². The van der Waals surface area contributed by atoms with E-state index in [1.54, 1.807) is 6.07 Å². The summed E-state index contributed by atoms with van der Waals surface area (Å²) in [6.07, 6.45) is 5.97. The molecular weight excluding hydrogens is 268 g/mol. The zero-order chi connectivity index (χ0) is 13.6. The minimum atomic E-state index is -3.42. The highest BCUT2D eigenvalue weighted by molar-refractivity contribution is 7.91. The molecule has 100 valence electrons. The number of hydrogen-bond acceptors (Lipinski definition) is 4. The first kappa shape index (κ1) is 15.2. The van der Waals surface area contributed by atoms with Gasteiger partial charge >= 0.3 is 0 Å². The molecule has 0 amide bonds. The molecule has 0 aliphatic carbocycles. The number of thiophene rings is 1. The summed E-state index contributed by atoms with van der Waals surface area (Å²) >= 11 is 1.31. The van der Waals surface area contributed by atoms with Crippen LogP contribution in [0.4, 0.5) is 0 Å². The van der Waals surface area contributed by atoms with Gasteiger partial charge in [0.05, 0.1) is 6.54 Å². The highest BCUT2D eigenvalue weighted by atomic mass is 32.2. The van der Waals surface area contributed by atoms with Gasteiger partial charge in [0.2, 0.25) is 0 Å². The van der Waals surface area contributed by atoms with Crippen LogP contribution in [0.2, 0.25) is 0 Å². The molecule has 0 unspecified atom stereocenters. The fourth-order valence-corrected chi connectivity index (χ4v) is 4.04. The van der Waals surface area contributed by atoms with Gasteiger partial charge in [0.1, 0.15) is 4.21 Å². The molecule has 1 aromatic heterocycles. The fraction of sp³-hybridized carbons (Fsp3) is 0.500. The van der Waals surface area contributed by atoms with E-state index in [0.717, 1.165) is 24.4 Å². The quantitative estimate of drug-likeness (QED) is 0.604. The zero-order valence-corrected chi connectivity index (χ0v) is 12.3. The molecule has 0 spiro atoms. The third-order valence-corrected chi connectivity index (χ3v) is 5.83. The Labute approximate surface area is 113 Å². The number of nitrogens with one attached hydrogen (secondary N) is 1. The van der Waals surface area contributed by atoms with Crippen LogP contribution in [-0.2, 0) is 16.4 Å². The maximum atomic E-state index is 12.1. The van der Waals surface area contributed by atoms with Crippen LogP contribution in [0.3, 0.4) is 0 Å². The summed E-state index contributed by atoms with van der Waals surface area (Å²) in [5.41, 5.74) is 0. The molecule has 0 atom stereocenters. The van der Waals surface area contributed by atoms with Crippen molar-refractivity contribution < 1.29 is 8.42 Å².